The molecule has 1 saturated carbocycles. The van der Waals surface area contributed by atoms with Crippen molar-refractivity contribution in [1.29, 1.82) is 0 Å². The molecule has 2 amide bonds. The molecular weight excluding hydrogens is 426 g/mol. The Labute approximate surface area is 193 Å². The van der Waals surface area contributed by atoms with E-state index < -0.39 is 35.9 Å². The minimum Gasteiger partial charge on any atom is -0.444 e. The Morgan fingerprint density at radius 1 is 1.09 bits per heavy atom. The summed E-state index contributed by atoms with van der Waals surface area (Å²) in [6.07, 6.45) is -0.178. The number of alkyl halides is 1. The van der Waals surface area contributed by atoms with Gasteiger partial charge in [-0.05, 0) is 62.3 Å². The van der Waals surface area contributed by atoms with Crippen molar-refractivity contribution in [3.05, 3.63) is 71.0 Å². The van der Waals surface area contributed by atoms with Crippen LogP contribution in [-0.4, -0.2) is 41.3 Å². The summed E-state index contributed by atoms with van der Waals surface area (Å²) in [5.74, 6) is -0.516. The van der Waals surface area contributed by atoms with Crippen LogP contribution in [0, 0.1) is 5.82 Å². The number of carbonyl (C=O) groups excluding carboxylic acids is 2. The molecule has 1 heterocycles. The third-order valence-corrected chi connectivity index (χ3v) is 5.98. The SMILES string of the molecule is CC(C)(C)OC(=O)N1C[C@H](F)C[C@H]1C(=O)N[C@@H](c1ccccc1)c1ccc(C2CC2)c(F)c1. The second kappa shape index (κ2) is 9.12. The van der Waals surface area contributed by atoms with Crippen molar-refractivity contribution in [3.63, 3.8) is 0 Å². The van der Waals surface area contributed by atoms with Gasteiger partial charge in [0, 0.05) is 6.42 Å². The Balaban J connectivity index is 1.59. The van der Waals surface area contributed by atoms with Gasteiger partial charge < -0.3 is 10.1 Å². The third kappa shape index (κ3) is 5.52. The molecule has 1 saturated heterocycles. The van der Waals surface area contributed by atoms with E-state index in [0.29, 0.717) is 11.1 Å². The molecule has 1 N–H and O–H groups in total. The van der Waals surface area contributed by atoms with Gasteiger partial charge in [0.2, 0.25) is 5.91 Å². The van der Waals surface area contributed by atoms with Crippen LogP contribution in [0.5, 0.6) is 0 Å². The predicted octanol–water partition coefficient (Wildman–Crippen LogP) is 5.26. The zero-order valence-corrected chi connectivity index (χ0v) is 19.2. The molecule has 0 unspecified atom stereocenters. The van der Waals surface area contributed by atoms with Crippen molar-refractivity contribution in [1.82, 2.24) is 10.2 Å². The molecule has 2 aliphatic rings. The smallest absolute Gasteiger partial charge is 0.411 e. The van der Waals surface area contributed by atoms with E-state index in [0.717, 1.165) is 23.3 Å². The van der Waals surface area contributed by atoms with Gasteiger partial charge in [-0.15, -0.1) is 0 Å². The van der Waals surface area contributed by atoms with Crippen LogP contribution in [0.15, 0.2) is 48.5 Å². The van der Waals surface area contributed by atoms with Crippen LogP contribution in [0.3, 0.4) is 0 Å². The lowest BCUT2D eigenvalue weighted by Crippen LogP contribution is -2.48. The molecule has 1 aliphatic carbocycles. The first kappa shape index (κ1) is 23.2. The van der Waals surface area contributed by atoms with E-state index in [1.54, 1.807) is 26.8 Å². The number of nitrogens with one attached hydrogen (secondary N) is 1. The van der Waals surface area contributed by atoms with Gasteiger partial charge in [-0.1, -0.05) is 42.5 Å². The lowest BCUT2D eigenvalue weighted by Gasteiger charge is -2.29. The second-order valence-corrected chi connectivity index (χ2v) is 9.89. The maximum atomic E-state index is 14.8. The molecule has 3 atom stereocenters. The number of halogens is 2. The quantitative estimate of drug-likeness (QED) is 0.668. The molecular formula is C26H30F2N2O3. The minimum atomic E-state index is -1.32. The number of carbonyl (C=O) groups is 2. The molecule has 176 valence electrons. The first-order valence-corrected chi connectivity index (χ1v) is 11.4. The summed E-state index contributed by atoms with van der Waals surface area (Å²) in [4.78, 5) is 27.0. The van der Waals surface area contributed by atoms with Gasteiger partial charge in [0.1, 0.15) is 23.6 Å². The van der Waals surface area contributed by atoms with Gasteiger partial charge in [-0.25, -0.2) is 13.6 Å². The molecule has 2 aromatic rings. The lowest BCUT2D eigenvalue weighted by molar-refractivity contribution is -0.126. The van der Waals surface area contributed by atoms with E-state index in [2.05, 4.69) is 5.32 Å². The monoisotopic (exact) mass is 456 g/mol. The van der Waals surface area contributed by atoms with E-state index in [1.807, 2.05) is 36.4 Å². The van der Waals surface area contributed by atoms with E-state index >= 15 is 0 Å². The second-order valence-electron chi connectivity index (χ2n) is 9.89. The fraction of sp³-hybridized carbons (Fsp3) is 0.462. The summed E-state index contributed by atoms with van der Waals surface area (Å²) < 4.78 is 34.4. The maximum Gasteiger partial charge on any atom is 0.411 e. The number of ether oxygens (including phenoxy) is 1. The first-order valence-electron chi connectivity index (χ1n) is 11.4. The fourth-order valence-electron chi connectivity index (χ4n) is 4.25. The van der Waals surface area contributed by atoms with Crippen molar-refractivity contribution in [2.75, 3.05) is 6.54 Å². The van der Waals surface area contributed by atoms with Crippen molar-refractivity contribution < 1.29 is 23.1 Å². The number of nitrogens with zero attached hydrogens (tertiary/aromatic N) is 1. The van der Waals surface area contributed by atoms with Gasteiger partial charge in [-0.2, -0.15) is 0 Å². The van der Waals surface area contributed by atoms with E-state index in [4.69, 9.17) is 4.74 Å². The molecule has 33 heavy (non-hydrogen) atoms. The zero-order chi connectivity index (χ0) is 23.8. The Morgan fingerprint density at radius 2 is 1.79 bits per heavy atom. The van der Waals surface area contributed by atoms with Gasteiger partial charge in [0.15, 0.2) is 0 Å². The van der Waals surface area contributed by atoms with Crippen LogP contribution in [0.1, 0.15) is 68.7 Å². The summed E-state index contributed by atoms with van der Waals surface area (Å²) >= 11 is 0. The minimum absolute atomic E-state index is 0.110. The summed E-state index contributed by atoms with van der Waals surface area (Å²) in [5.41, 5.74) is 1.29. The molecule has 4 rings (SSSR count). The summed E-state index contributed by atoms with van der Waals surface area (Å²) in [6, 6.07) is 12.6. The Bertz CT molecular complexity index is 1020. The summed E-state index contributed by atoms with van der Waals surface area (Å²) in [6.45, 7) is 4.95. The highest BCUT2D eigenvalue weighted by molar-refractivity contribution is 5.87. The third-order valence-electron chi connectivity index (χ3n) is 5.98. The number of hydrogen-bond donors (Lipinski definition) is 1. The molecule has 0 aromatic heterocycles. The van der Waals surface area contributed by atoms with Crippen molar-refractivity contribution >= 4 is 12.0 Å². The molecule has 7 heteroatoms. The van der Waals surface area contributed by atoms with Gasteiger partial charge >= 0.3 is 6.09 Å². The topological polar surface area (TPSA) is 58.6 Å². The van der Waals surface area contributed by atoms with Crippen LogP contribution in [0.25, 0.3) is 0 Å². The molecule has 5 nitrogen and oxygen atoms in total. The lowest BCUT2D eigenvalue weighted by atomic mass is 9.96. The van der Waals surface area contributed by atoms with Crippen LogP contribution in [0.2, 0.25) is 0 Å². The highest BCUT2D eigenvalue weighted by atomic mass is 19.1. The summed E-state index contributed by atoms with van der Waals surface area (Å²) in [7, 11) is 0. The Kier molecular flexibility index (Phi) is 6.41. The average molecular weight is 457 g/mol. The standard InChI is InChI=1S/C26H30F2N2O3/c1-26(2,3)33-25(32)30-15-19(27)14-22(30)24(31)29-23(17-7-5-4-6-8-17)18-11-12-20(16-9-10-16)21(28)13-18/h4-8,11-13,16,19,22-23H,9-10,14-15H2,1-3H3,(H,29,31)/t19-,22+,23+/m1/s1. The highest BCUT2D eigenvalue weighted by Gasteiger charge is 2.42. The molecule has 2 fully saturated rings. The molecule has 0 radical (unpaired) electrons. The van der Waals surface area contributed by atoms with Crippen LogP contribution < -0.4 is 5.32 Å². The molecule has 0 spiro atoms. The van der Waals surface area contributed by atoms with Crippen molar-refractivity contribution in [2.45, 2.75) is 69.8 Å². The van der Waals surface area contributed by atoms with Crippen molar-refractivity contribution in [3.8, 4) is 0 Å². The maximum absolute atomic E-state index is 14.8. The van der Waals surface area contributed by atoms with Crippen molar-refractivity contribution in [2.24, 2.45) is 0 Å². The fourth-order valence-corrected chi connectivity index (χ4v) is 4.25. The normalized spacial score (nSPS) is 21.5. The largest absolute Gasteiger partial charge is 0.444 e. The van der Waals surface area contributed by atoms with Gasteiger partial charge in [-0.3, -0.25) is 9.69 Å². The van der Waals surface area contributed by atoms with Gasteiger partial charge in [0.05, 0.1) is 12.6 Å². The van der Waals surface area contributed by atoms with Crippen LogP contribution in [0.4, 0.5) is 13.6 Å². The summed E-state index contributed by atoms with van der Waals surface area (Å²) in [5, 5.41) is 2.93. The molecule has 2 aromatic carbocycles. The van der Waals surface area contributed by atoms with E-state index in [9.17, 15) is 18.4 Å². The predicted molar refractivity (Wildman–Crippen MR) is 121 cm³/mol. The Morgan fingerprint density at radius 3 is 2.39 bits per heavy atom. The number of likely N-dealkylation sites (tertiary alicyclic amines) is 1. The Hall–Kier alpha value is -2.96. The van der Waals surface area contributed by atoms with E-state index in [1.165, 1.54) is 6.07 Å². The first-order chi connectivity index (χ1) is 15.6. The average Bonchev–Trinajstić information content (AvgIpc) is 3.51. The van der Waals surface area contributed by atoms with Crippen LogP contribution >= 0.6 is 0 Å². The number of rotatable bonds is 5. The molecule has 0 bridgehead atoms. The molecule has 1 aliphatic heterocycles. The highest BCUT2D eigenvalue weighted by Crippen LogP contribution is 2.42. The van der Waals surface area contributed by atoms with Gasteiger partial charge in [0.25, 0.3) is 0 Å². The zero-order valence-electron chi connectivity index (χ0n) is 19.2. The van der Waals surface area contributed by atoms with Crippen LogP contribution in [-0.2, 0) is 9.53 Å². The number of amides is 2. The number of benzene rings is 2. The van der Waals surface area contributed by atoms with E-state index in [-0.39, 0.29) is 24.7 Å². The number of hydrogen-bond acceptors (Lipinski definition) is 3.